The van der Waals surface area contributed by atoms with Crippen molar-refractivity contribution < 1.29 is 4.79 Å². The molecule has 0 saturated carbocycles. The first-order valence-corrected chi connectivity index (χ1v) is 11.7. The molecule has 1 aliphatic rings. The summed E-state index contributed by atoms with van der Waals surface area (Å²) in [5.74, 6) is -0.185. The smallest absolute Gasteiger partial charge is 0.253 e. The largest absolute Gasteiger partial charge is 0.375 e. The molecule has 3 aromatic rings. The zero-order valence-electron chi connectivity index (χ0n) is 20.0. The summed E-state index contributed by atoms with van der Waals surface area (Å²) >= 11 is 0. The summed E-state index contributed by atoms with van der Waals surface area (Å²) in [4.78, 5) is 21.3. The minimum Gasteiger partial charge on any atom is -0.375 e. The van der Waals surface area contributed by atoms with Crippen LogP contribution in [-0.2, 0) is 0 Å². The van der Waals surface area contributed by atoms with E-state index < -0.39 is 0 Å². The van der Waals surface area contributed by atoms with Crippen molar-refractivity contribution in [2.75, 3.05) is 31.6 Å². The lowest BCUT2D eigenvalue weighted by Gasteiger charge is -2.29. The molecule has 0 spiro atoms. The Morgan fingerprint density at radius 2 is 1.77 bits per heavy atom. The second-order valence-corrected chi connectivity index (χ2v) is 8.74. The van der Waals surface area contributed by atoms with Crippen molar-refractivity contribution in [2.24, 2.45) is 0 Å². The van der Waals surface area contributed by atoms with Gasteiger partial charge in [-0.2, -0.15) is 10.5 Å². The monoisotopic (exact) mass is 464 g/mol. The van der Waals surface area contributed by atoms with Gasteiger partial charge in [-0.25, -0.2) is 4.98 Å². The molecule has 2 heterocycles. The molecule has 7 heteroatoms. The summed E-state index contributed by atoms with van der Waals surface area (Å²) in [6.45, 7) is 4.59. The average molecular weight is 465 g/mol. The summed E-state index contributed by atoms with van der Waals surface area (Å²) < 4.78 is 0. The van der Waals surface area contributed by atoms with Crippen molar-refractivity contribution >= 4 is 11.6 Å². The second-order valence-electron chi connectivity index (χ2n) is 8.74. The molecule has 176 valence electrons. The van der Waals surface area contributed by atoms with Gasteiger partial charge in [0.2, 0.25) is 0 Å². The Hall–Kier alpha value is -4.20. The van der Waals surface area contributed by atoms with E-state index in [1.165, 1.54) is 11.8 Å². The van der Waals surface area contributed by atoms with Gasteiger partial charge in [0.1, 0.15) is 11.8 Å². The fraction of sp³-hybridized carbons (Fsp3) is 0.286. The number of hydrogen-bond acceptors (Lipinski definition) is 6. The number of nitriles is 2. The zero-order valence-corrected chi connectivity index (χ0v) is 20.0. The lowest BCUT2D eigenvalue weighted by molar-refractivity contribution is 0.0936. The molecule has 35 heavy (non-hydrogen) atoms. The van der Waals surface area contributed by atoms with Gasteiger partial charge < -0.3 is 10.2 Å². The molecule has 1 aliphatic heterocycles. The molecule has 2 aromatic carbocycles. The van der Waals surface area contributed by atoms with Gasteiger partial charge in [0.25, 0.3) is 5.91 Å². The molecule has 7 nitrogen and oxygen atoms in total. The molecule has 0 radical (unpaired) electrons. The minimum absolute atomic E-state index is 0.00419. The van der Waals surface area contributed by atoms with E-state index in [1.807, 2.05) is 30.3 Å². The number of pyridine rings is 1. The summed E-state index contributed by atoms with van der Waals surface area (Å²) in [5.41, 5.74) is 4.82. The predicted octanol–water partition coefficient (Wildman–Crippen LogP) is 3.87. The van der Waals surface area contributed by atoms with Crippen molar-refractivity contribution in [3.8, 4) is 12.1 Å². The van der Waals surface area contributed by atoms with E-state index in [-0.39, 0.29) is 23.7 Å². The topological polar surface area (TPSA) is 96.0 Å². The van der Waals surface area contributed by atoms with Crippen molar-refractivity contribution in [3.05, 3.63) is 94.8 Å². The lowest BCUT2D eigenvalue weighted by atomic mass is 9.96. The zero-order chi connectivity index (χ0) is 24.8. The highest BCUT2D eigenvalue weighted by Crippen LogP contribution is 2.33. The van der Waals surface area contributed by atoms with Crippen LogP contribution in [0.1, 0.15) is 52.1 Å². The third-order valence-electron chi connectivity index (χ3n) is 6.54. The molecule has 1 aromatic heterocycles. The maximum Gasteiger partial charge on any atom is 0.253 e. The van der Waals surface area contributed by atoms with Crippen molar-refractivity contribution in [3.63, 3.8) is 0 Å². The number of benzene rings is 2. The van der Waals surface area contributed by atoms with Gasteiger partial charge in [-0.15, -0.1) is 0 Å². The normalized spacial score (nSPS) is 16.2. The number of aromatic nitrogens is 1. The highest BCUT2D eigenvalue weighted by molar-refractivity contribution is 5.94. The molecule has 1 unspecified atom stereocenters. The van der Waals surface area contributed by atoms with Crippen LogP contribution < -0.4 is 10.2 Å². The van der Waals surface area contributed by atoms with Crippen LogP contribution in [0.15, 0.2) is 66.9 Å². The fourth-order valence-electron chi connectivity index (χ4n) is 4.45. The molecule has 2 atom stereocenters. The van der Waals surface area contributed by atoms with Crippen LogP contribution in [0, 0.1) is 22.7 Å². The molecule has 0 aliphatic carbocycles. The van der Waals surface area contributed by atoms with Crippen LogP contribution in [0.4, 0.5) is 5.69 Å². The molecule has 1 N–H and O–H groups in total. The SMILES string of the molecule is CCN(C)c1ccc(C(c2ccc(C#N)cc2)N2CC[C@@H](NC(=O)c3ccc(C#N)nc3)C2)cc1. The van der Waals surface area contributed by atoms with E-state index in [0.29, 0.717) is 17.7 Å². The number of nitrogens with zero attached hydrogens (tertiary/aromatic N) is 5. The molecule has 0 bridgehead atoms. The number of likely N-dealkylation sites (tertiary alicyclic amines) is 1. The first-order chi connectivity index (χ1) is 17.0. The van der Waals surface area contributed by atoms with Crippen LogP contribution in [0.5, 0.6) is 0 Å². The summed E-state index contributed by atoms with van der Waals surface area (Å²) in [7, 11) is 2.07. The van der Waals surface area contributed by atoms with E-state index in [2.05, 4.69) is 64.4 Å². The molecular weight excluding hydrogens is 436 g/mol. The van der Waals surface area contributed by atoms with Crippen molar-refractivity contribution in [2.45, 2.75) is 25.4 Å². The van der Waals surface area contributed by atoms with Crippen LogP contribution in [-0.4, -0.2) is 48.5 Å². The Labute approximate surface area is 206 Å². The number of carbonyl (C=O) groups is 1. The highest BCUT2D eigenvalue weighted by atomic mass is 16.1. The van der Waals surface area contributed by atoms with Gasteiger partial charge in [-0.3, -0.25) is 9.69 Å². The van der Waals surface area contributed by atoms with Gasteiger partial charge in [0.15, 0.2) is 0 Å². The third kappa shape index (κ3) is 5.48. The van der Waals surface area contributed by atoms with Crippen molar-refractivity contribution in [1.29, 1.82) is 10.5 Å². The molecule has 1 fully saturated rings. The standard InChI is InChI=1S/C28H28N6O/c1-3-33(2)26-12-9-22(10-13-26)27(21-6-4-20(16-29)5-7-21)34-15-14-25(19-34)32-28(35)23-8-11-24(17-30)31-18-23/h4-13,18,25,27H,3,14-15,19H2,1-2H3,(H,32,35)/t25-,27?/m1/s1. The minimum atomic E-state index is -0.185. The van der Waals surface area contributed by atoms with Crippen LogP contribution in [0.3, 0.4) is 0 Å². The van der Waals surface area contributed by atoms with Gasteiger partial charge in [0, 0.05) is 44.6 Å². The Balaban J connectivity index is 1.54. The number of rotatable bonds is 7. The van der Waals surface area contributed by atoms with E-state index in [4.69, 9.17) is 5.26 Å². The number of anilines is 1. The number of nitrogens with one attached hydrogen (secondary N) is 1. The van der Waals surface area contributed by atoms with Crippen LogP contribution in [0.25, 0.3) is 0 Å². The van der Waals surface area contributed by atoms with E-state index >= 15 is 0 Å². The number of carbonyl (C=O) groups excluding carboxylic acids is 1. The first kappa shape index (κ1) is 23.9. The third-order valence-corrected chi connectivity index (χ3v) is 6.54. The number of amides is 1. The molecule has 1 saturated heterocycles. The molecular formula is C28H28N6O. The van der Waals surface area contributed by atoms with Crippen LogP contribution >= 0.6 is 0 Å². The van der Waals surface area contributed by atoms with Gasteiger partial charge >= 0.3 is 0 Å². The maximum absolute atomic E-state index is 12.7. The lowest BCUT2D eigenvalue weighted by Crippen LogP contribution is -2.38. The summed E-state index contributed by atoms with van der Waals surface area (Å²) in [6.07, 6.45) is 2.27. The Bertz CT molecular complexity index is 1240. The summed E-state index contributed by atoms with van der Waals surface area (Å²) in [6, 6.07) is 23.7. The van der Waals surface area contributed by atoms with E-state index in [1.54, 1.807) is 12.1 Å². The quantitative estimate of drug-likeness (QED) is 0.570. The Morgan fingerprint density at radius 3 is 2.34 bits per heavy atom. The predicted molar refractivity (Wildman–Crippen MR) is 135 cm³/mol. The van der Waals surface area contributed by atoms with Crippen LogP contribution in [0.2, 0.25) is 0 Å². The van der Waals surface area contributed by atoms with Gasteiger partial charge in [0.05, 0.1) is 23.2 Å². The number of hydrogen-bond donors (Lipinski definition) is 1. The summed E-state index contributed by atoms with van der Waals surface area (Å²) in [5, 5.41) is 21.2. The van der Waals surface area contributed by atoms with E-state index in [9.17, 15) is 10.1 Å². The molecule has 1 amide bonds. The highest BCUT2D eigenvalue weighted by Gasteiger charge is 2.31. The average Bonchev–Trinajstić information content (AvgIpc) is 3.36. The first-order valence-electron chi connectivity index (χ1n) is 11.7. The Kier molecular flexibility index (Phi) is 7.40. The Morgan fingerprint density at radius 1 is 1.09 bits per heavy atom. The molecule has 4 rings (SSSR count). The van der Waals surface area contributed by atoms with Crippen molar-refractivity contribution in [1.82, 2.24) is 15.2 Å². The van der Waals surface area contributed by atoms with Gasteiger partial charge in [-0.05, 0) is 60.9 Å². The second kappa shape index (κ2) is 10.8. The van der Waals surface area contributed by atoms with Gasteiger partial charge in [-0.1, -0.05) is 24.3 Å². The van der Waals surface area contributed by atoms with E-state index in [0.717, 1.165) is 30.8 Å². The maximum atomic E-state index is 12.7. The fourth-order valence-corrected chi connectivity index (χ4v) is 4.45.